The largest absolute Gasteiger partial charge is 0.434 e. The van der Waals surface area contributed by atoms with Crippen molar-refractivity contribution in [3.05, 3.63) is 71.3 Å². The van der Waals surface area contributed by atoms with Crippen molar-refractivity contribution in [1.29, 1.82) is 0 Å². The fourth-order valence-corrected chi connectivity index (χ4v) is 5.96. The number of aromatic nitrogens is 3. The zero-order valence-electron chi connectivity index (χ0n) is 18.6. The van der Waals surface area contributed by atoms with E-state index < -0.39 is 17.8 Å². The Bertz CT molecular complexity index is 1280. The second-order valence-corrected chi connectivity index (χ2v) is 9.96. The summed E-state index contributed by atoms with van der Waals surface area (Å²) < 4.78 is 39.9. The van der Waals surface area contributed by atoms with Crippen LogP contribution < -0.4 is 16.4 Å². The van der Waals surface area contributed by atoms with E-state index >= 15 is 0 Å². The summed E-state index contributed by atoms with van der Waals surface area (Å²) in [5, 5.41) is 0.128. The number of primary amides is 1. The first-order chi connectivity index (χ1) is 16.7. The maximum Gasteiger partial charge on any atom is 0.434 e. The highest BCUT2D eigenvalue weighted by molar-refractivity contribution is 7.99. The van der Waals surface area contributed by atoms with Crippen molar-refractivity contribution in [1.82, 2.24) is 15.0 Å². The molecule has 35 heavy (non-hydrogen) atoms. The number of amides is 1. The van der Waals surface area contributed by atoms with Crippen molar-refractivity contribution < 1.29 is 18.0 Å². The third-order valence-corrected chi connectivity index (χ3v) is 7.82. The molecule has 0 saturated carbocycles. The van der Waals surface area contributed by atoms with E-state index in [9.17, 15) is 18.0 Å². The highest BCUT2D eigenvalue weighted by atomic mass is 32.2. The van der Waals surface area contributed by atoms with Crippen molar-refractivity contribution in [3.8, 4) is 0 Å². The second-order valence-electron chi connectivity index (χ2n) is 8.90. The van der Waals surface area contributed by atoms with Gasteiger partial charge in [-0.05, 0) is 47.9 Å². The van der Waals surface area contributed by atoms with Crippen LogP contribution in [-0.4, -0.2) is 33.9 Å². The van der Waals surface area contributed by atoms with E-state index in [1.165, 1.54) is 29.5 Å². The Hall–Kier alpha value is -3.18. The molecule has 2 aliphatic rings. The molecule has 3 heterocycles. The van der Waals surface area contributed by atoms with Gasteiger partial charge in [-0.2, -0.15) is 13.2 Å². The van der Waals surface area contributed by atoms with Crippen LogP contribution in [0.4, 0.5) is 19.0 Å². The number of rotatable bonds is 4. The number of piperidine rings is 1. The van der Waals surface area contributed by atoms with E-state index in [4.69, 9.17) is 11.5 Å². The summed E-state index contributed by atoms with van der Waals surface area (Å²) in [6, 6.07) is 10.9. The smallest absolute Gasteiger partial charge is 0.364 e. The van der Waals surface area contributed by atoms with E-state index in [1.54, 1.807) is 0 Å². The lowest BCUT2D eigenvalue weighted by molar-refractivity contribution is -0.143. The normalized spacial score (nSPS) is 19.1. The summed E-state index contributed by atoms with van der Waals surface area (Å²) in [6.45, 7) is 1.23. The van der Waals surface area contributed by atoms with E-state index in [2.05, 4.69) is 27.1 Å². The maximum absolute atomic E-state index is 13.3. The third kappa shape index (κ3) is 4.34. The van der Waals surface area contributed by atoms with Gasteiger partial charge in [0, 0.05) is 30.2 Å². The van der Waals surface area contributed by atoms with Crippen molar-refractivity contribution in [2.45, 2.75) is 41.4 Å². The molecule has 5 rings (SSSR count). The minimum atomic E-state index is -4.62. The summed E-state index contributed by atoms with van der Waals surface area (Å²) >= 11 is 0.738. The van der Waals surface area contributed by atoms with Crippen molar-refractivity contribution in [2.24, 2.45) is 16.9 Å². The Morgan fingerprint density at radius 1 is 1.11 bits per heavy atom. The quantitative estimate of drug-likeness (QED) is 0.557. The van der Waals surface area contributed by atoms with Crippen LogP contribution >= 0.6 is 11.8 Å². The molecule has 1 spiro atoms. The Morgan fingerprint density at radius 2 is 1.86 bits per heavy atom. The van der Waals surface area contributed by atoms with Gasteiger partial charge >= 0.3 is 6.18 Å². The molecule has 3 aromatic rings. The first kappa shape index (κ1) is 23.6. The third-order valence-electron chi connectivity index (χ3n) is 6.87. The van der Waals surface area contributed by atoms with Gasteiger partial charge in [-0.25, -0.2) is 9.97 Å². The molecule has 7 nitrogen and oxygen atoms in total. The van der Waals surface area contributed by atoms with Gasteiger partial charge in [0.1, 0.15) is 5.03 Å². The van der Waals surface area contributed by atoms with E-state index in [1.807, 2.05) is 17.0 Å². The second kappa shape index (κ2) is 8.80. The van der Waals surface area contributed by atoms with Gasteiger partial charge in [0.25, 0.3) is 5.91 Å². The number of alkyl halides is 3. The molecule has 4 N–H and O–H groups in total. The van der Waals surface area contributed by atoms with Crippen LogP contribution in [0.15, 0.2) is 58.7 Å². The van der Waals surface area contributed by atoms with E-state index in [0.717, 1.165) is 37.2 Å². The van der Waals surface area contributed by atoms with Gasteiger partial charge in [0.2, 0.25) is 0 Å². The van der Waals surface area contributed by atoms with Gasteiger partial charge in [0.15, 0.2) is 17.2 Å². The Balaban J connectivity index is 1.36. The molecule has 0 radical (unpaired) electrons. The Morgan fingerprint density at radius 3 is 2.54 bits per heavy atom. The average Bonchev–Trinajstić information content (AvgIpc) is 3.10. The average molecular weight is 501 g/mol. The minimum Gasteiger partial charge on any atom is -0.364 e. The minimum absolute atomic E-state index is 0.0510. The standard InChI is InChI=1S/C24H23F3N6OS/c25-24(26,27)20-16(6-3-9-30-20)35-17-13-31-22(18(32-17)21(29)34)33-10-7-23(8-11-33)12-14-4-1-2-5-15(14)19(23)28/h1-6,9,13,19H,7-8,10-12,28H2,(H2,29,34)/t19-/m1/s1. The van der Waals surface area contributed by atoms with Crippen LogP contribution in [0.25, 0.3) is 0 Å². The number of carbonyl (C=O) groups is 1. The van der Waals surface area contributed by atoms with E-state index in [0.29, 0.717) is 18.9 Å². The fraction of sp³-hybridized carbons (Fsp3) is 0.333. The van der Waals surface area contributed by atoms with Crippen LogP contribution in [0.3, 0.4) is 0 Å². The van der Waals surface area contributed by atoms with Crippen LogP contribution in [0, 0.1) is 5.41 Å². The number of anilines is 1. The molecular formula is C24H23F3N6OS. The Labute approximate surface area is 204 Å². The number of nitrogens with zero attached hydrogens (tertiary/aromatic N) is 4. The molecular weight excluding hydrogens is 477 g/mol. The topological polar surface area (TPSA) is 111 Å². The van der Waals surface area contributed by atoms with Crippen molar-refractivity contribution in [2.75, 3.05) is 18.0 Å². The van der Waals surface area contributed by atoms with Crippen LogP contribution in [0.5, 0.6) is 0 Å². The molecule has 1 saturated heterocycles. The molecule has 2 aromatic heterocycles. The number of halogens is 3. The van der Waals surface area contributed by atoms with Gasteiger partial charge in [-0.3, -0.25) is 9.78 Å². The number of nitrogens with two attached hydrogens (primary N) is 2. The number of carbonyl (C=O) groups excluding carboxylic acids is 1. The highest BCUT2D eigenvalue weighted by Crippen LogP contribution is 2.51. The number of hydrogen-bond donors (Lipinski definition) is 2. The zero-order valence-corrected chi connectivity index (χ0v) is 19.4. The lowest BCUT2D eigenvalue weighted by Gasteiger charge is -2.42. The highest BCUT2D eigenvalue weighted by Gasteiger charge is 2.46. The molecule has 1 aromatic carbocycles. The maximum atomic E-state index is 13.3. The Kier molecular flexibility index (Phi) is 5.92. The van der Waals surface area contributed by atoms with Gasteiger partial charge in [-0.15, -0.1) is 0 Å². The van der Waals surface area contributed by atoms with Crippen LogP contribution in [0.2, 0.25) is 0 Å². The SMILES string of the molecule is NC(=O)c1nc(Sc2cccnc2C(F)(F)F)cnc1N1CCC2(CC1)Cc1ccccc1[C@H]2N. The monoisotopic (exact) mass is 500 g/mol. The predicted molar refractivity (Wildman–Crippen MR) is 125 cm³/mol. The van der Waals surface area contributed by atoms with E-state index in [-0.39, 0.29) is 27.1 Å². The molecule has 1 amide bonds. The van der Waals surface area contributed by atoms with Crippen molar-refractivity contribution in [3.63, 3.8) is 0 Å². The zero-order chi connectivity index (χ0) is 24.8. The number of hydrogen-bond acceptors (Lipinski definition) is 7. The van der Waals surface area contributed by atoms with Crippen LogP contribution in [0.1, 0.15) is 46.2 Å². The number of benzene rings is 1. The summed E-state index contributed by atoms with van der Waals surface area (Å²) in [5.74, 6) is -0.453. The predicted octanol–water partition coefficient (Wildman–Crippen LogP) is 3.98. The molecule has 0 unspecified atom stereocenters. The van der Waals surface area contributed by atoms with Gasteiger partial charge < -0.3 is 16.4 Å². The molecule has 11 heteroatoms. The van der Waals surface area contributed by atoms with Crippen molar-refractivity contribution >= 4 is 23.5 Å². The van der Waals surface area contributed by atoms with Gasteiger partial charge in [-0.1, -0.05) is 36.0 Å². The summed E-state index contributed by atoms with van der Waals surface area (Å²) in [5.41, 5.74) is 13.6. The molecule has 1 aliphatic heterocycles. The number of pyridine rings is 1. The molecule has 1 atom stereocenters. The molecule has 0 bridgehead atoms. The molecule has 1 aliphatic carbocycles. The fourth-order valence-electron chi connectivity index (χ4n) is 5.08. The lowest BCUT2D eigenvalue weighted by Crippen LogP contribution is -2.45. The van der Waals surface area contributed by atoms with Gasteiger partial charge in [0.05, 0.1) is 6.20 Å². The number of fused-ring (bicyclic) bond motifs is 1. The summed E-state index contributed by atoms with van der Waals surface area (Å²) in [6.07, 6.45) is 0.353. The summed E-state index contributed by atoms with van der Waals surface area (Å²) in [4.78, 5) is 26.1. The molecule has 182 valence electrons. The lowest BCUT2D eigenvalue weighted by atomic mass is 9.73. The molecule has 1 fully saturated rings. The summed E-state index contributed by atoms with van der Waals surface area (Å²) in [7, 11) is 0. The van der Waals surface area contributed by atoms with Crippen LogP contribution in [-0.2, 0) is 12.6 Å². The first-order valence-corrected chi connectivity index (χ1v) is 11.9. The first-order valence-electron chi connectivity index (χ1n) is 11.1.